The third-order valence-electron chi connectivity index (χ3n) is 3.28. The van der Waals surface area contributed by atoms with Gasteiger partial charge in [0.25, 0.3) is 5.91 Å². The SMILES string of the molecule is COc1ccc(S(=O)(=O)N(C)CC(=O)N/N=C\c2cccnc2)cc1Cl. The number of likely N-dealkylation sites (N-methyl/N-ethyl adjacent to an activating group) is 1. The number of ether oxygens (including phenoxy) is 1. The number of carbonyl (C=O) groups excluding carboxylic acids is 1. The molecule has 0 radical (unpaired) electrons. The van der Waals surface area contributed by atoms with Crippen LogP contribution in [0.15, 0.2) is 52.7 Å². The number of sulfonamides is 1. The van der Waals surface area contributed by atoms with Crippen molar-refractivity contribution in [3.05, 3.63) is 53.3 Å². The normalized spacial score (nSPS) is 11.7. The van der Waals surface area contributed by atoms with E-state index in [4.69, 9.17) is 16.3 Å². The van der Waals surface area contributed by atoms with Crippen LogP contribution in [0.25, 0.3) is 0 Å². The molecule has 1 aromatic heterocycles. The van der Waals surface area contributed by atoms with Crippen molar-refractivity contribution in [2.75, 3.05) is 20.7 Å². The Hall–Kier alpha value is -2.49. The molecule has 1 N–H and O–H groups in total. The molecule has 0 aliphatic heterocycles. The number of benzene rings is 1. The van der Waals surface area contributed by atoms with Crippen molar-refractivity contribution < 1.29 is 17.9 Å². The molecule has 1 heterocycles. The first-order valence-electron chi connectivity index (χ1n) is 7.36. The minimum atomic E-state index is -3.89. The van der Waals surface area contributed by atoms with Gasteiger partial charge in [0.15, 0.2) is 0 Å². The number of hydrogen-bond donors (Lipinski definition) is 1. The first-order valence-corrected chi connectivity index (χ1v) is 9.18. The number of hydrogen-bond acceptors (Lipinski definition) is 6. The Balaban J connectivity index is 2.01. The number of rotatable bonds is 7. The molecule has 0 unspecified atom stereocenters. The van der Waals surface area contributed by atoms with Crippen LogP contribution in [0.2, 0.25) is 5.02 Å². The fraction of sp³-hybridized carbons (Fsp3) is 0.188. The van der Waals surface area contributed by atoms with Crippen LogP contribution >= 0.6 is 11.6 Å². The Kier molecular flexibility index (Phi) is 6.67. The summed E-state index contributed by atoms with van der Waals surface area (Å²) in [5, 5.41) is 3.92. The number of pyridine rings is 1. The molecule has 0 fully saturated rings. The van der Waals surface area contributed by atoms with Gasteiger partial charge in [-0.15, -0.1) is 0 Å². The van der Waals surface area contributed by atoms with Gasteiger partial charge in [0.05, 0.1) is 29.8 Å². The minimum absolute atomic E-state index is 0.0440. The second-order valence-electron chi connectivity index (χ2n) is 5.14. The van der Waals surface area contributed by atoms with E-state index in [2.05, 4.69) is 15.5 Å². The molecule has 1 amide bonds. The van der Waals surface area contributed by atoms with Gasteiger partial charge in [-0.05, 0) is 24.3 Å². The van der Waals surface area contributed by atoms with Crippen LogP contribution in [0.1, 0.15) is 5.56 Å². The molecule has 0 atom stereocenters. The van der Waals surface area contributed by atoms with Crippen LogP contribution in [-0.2, 0) is 14.8 Å². The standard InChI is InChI=1S/C16H17ClN4O4S/c1-21(11-16(22)20-19-10-12-4-3-7-18-9-12)26(23,24)13-5-6-15(25-2)14(17)8-13/h3-10H,11H2,1-2H3,(H,20,22)/b19-10-. The highest BCUT2D eigenvalue weighted by atomic mass is 35.5. The fourth-order valence-corrected chi connectivity index (χ4v) is 3.42. The molecule has 0 aliphatic rings. The zero-order valence-electron chi connectivity index (χ0n) is 14.1. The molecule has 0 saturated carbocycles. The summed E-state index contributed by atoms with van der Waals surface area (Å²) < 4.78 is 30.9. The topological polar surface area (TPSA) is 101 Å². The van der Waals surface area contributed by atoms with Gasteiger partial charge in [0.1, 0.15) is 5.75 Å². The molecule has 8 nitrogen and oxygen atoms in total. The van der Waals surface area contributed by atoms with E-state index >= 15 is 0 Å². The van der Waals surface area contributed by atoms with Gasteiger partial charge in [0, 0.05) is 25.0 Å². The van der Waals surface area contributed by atoms with E-state index in [0.717, 1.165) is 4.31 Å². The Labute approximate surface area is 156 Å². The zero-order chi connectivity index (χ0) is 19.2. The van der Waals surface area contributed by atoms with Crippen LogP contribution < -0.4 is 10.2 Å². The van der Waals surface area contributed by atoms with Crippen LogP contribution in [0.3, 0.4) is 0 Å². The second-order valence-corrected chi connectivity index (χ2v) is 7.59. The van der Waals surface area contributed by atoms with Crippen molar-refractivity contribution in [3.63, 3.8) is 0 Å². The lowest BCUT2D eigenvalue weighted by Crippen LogP contribution is -2.36. The zero-order valence-corrected chi connectivity index (χ0v) is 15.7. The van der Waals surface area contributed by atoms with Crippen LogP contribution in [0.5, 0.6) is 5.75 Å². The summed E-state index contributed by atoms with van der Waals surface area (Å²) in [5.74, 6) is -0.230. The number of carbonyl (C=O) groups is 1. The Morgan fingerprint density at radius 1 is 1.42 bits per heavy atom. The average Bonchev–Trinajstić information content (AvgIpc) is 2.62. The average molecular weight is 397 g/mol. The highest BCUT2D eigenvalue weighted by Gasteiger charge is 2.23. The molecule has 2 rings (SSSR count). The van der Waals surface area contributed by atoms with E-state index < -0.39 is 22.5 Å². The fourth-order valence-electron chi connectivity index (χ4n) is 1.94. The van der Waals surface area contributed by atoms with Gasteiger partial charge in [-0.25, -0.2) is 13.8 Å². The lowest BCUT2D eigenvalue weighted by atomic mass is 10.3. The highest BCUT2D eigenvalue weighted by Crippen LogP contribution is 2.27. The summed E-state index contributed by atoms with van der Waals surface area (Å²) >= 11 is 5.96. The van der Waals surface area contributed by atoms with Crippen LogP contribution in [0, 0.1) is 0 Å². The molecule has 26 heavy (non-hydrogen) atoms. The van der Waals surface area contributed by atoms with Crippen molar-refractivity contribution in [2.24, 2.45) is 5.10 Å². The summed E-state index contributed by atoms with van der Waals surface area (Å²) in [6.45, 7) is -0.406. The number of halogens is 1. The van der Waals surface area contributed by atoms with E-state index in [1.54, 1.807) is 24.5 Å². The van der Waals surface area contributed by atoms with E-state index in [0.29, 0.717) is 11.3 Å². The van der Waals surface area contributed by atoms with E-state index in [-0.39, 0.29) is 9.92 Å². The summed E-state index contributed by atoms with van der Waals surface area (Å²) in [5.41, 5.74) is 2.96. The van der Waals surface area contributed by atoms with Gasteiger partial charge in [-0.2, -0.15) is 9.41 Å². The van der Waals surface area contributed by atoms with E-state index in [1.807, 2.05) is 0 Å². The summed E-state index contributed by atoms with van der Waals surface area (Å²) in [7, 11) is -1.17. The van der Waals surface area contributed by atoms with Gasteiger partial charge in [-0.1, -0.05) is 17.7 Å². The smallest absolute Gasteiger partial charge is 0.255 e. The minimum Gasteiger partial charge on any atom is -0.495 e. The number of methoxy groups -OCH3 is 1. The largest absolute Gasteiger partial charge is 0.495 e. The van der Waals surface area contributed by atoms with Gasteiger partial charge < -0.3 is 4.74 Å². The molecule has 2 aromatic rings. The van der Waals surface area contributed by atoms with E-state index in [1.165, 1.54) is 38.6 Å². The Bertz CT molecular complexity index is 904. The van der Waals surface area contributed by atoms with Crippen LogP contribution in [-0.4, -0.2) is 50.5 Å². The Morgan fingerprint density at radius 2 is 2.19 bits per heavy atom. The first kappa shape index (κ1) is 19.8. The summed E-state index contributed by atoms with van der Waals surface area (Å²) in [6, 6.07) is 7.55. The molecule has 1 aromatic carbocycles. The Morgan fingerprint density at radius 3 is 2.81 bits per heavy atom. The van der Waals surface area contributed by atoms with Crippen LogP contribution in [0.4, 0.5) is 0 Å². The number of nitrogens with one attached hydrogen (secondary N) is 1. The van der Waals surface area contributed by atoms with Gasteiger partial charge in [-0.3, -0.25) is 9.78 Å². The molecular weight excluding hydrogens is 380 g/mol. The molecule has 0 bridgehead atoms. The second kappa shape index (κ2) is 8.75. The maximum atomic E-state index is 12.5. The highest BCUT2D eigenvalue weighted by molar-refractivity contribution is 7.89. The van der Waals surface area contributed by atoms with Crippen molar-refractivity contribution in [3.8, 4) is 5.75 Å². The molecular formula is C16H17ClN4O4S. The predicted molar refractivity (Wildman–Crippen MR) is 97.8 cm³/mol. The summed E-state index contributed by atoms with van der Waals surface area (Å²) in [6.07, 6.45) is 4.59. The van der Waals surface area contributed by atoms with Crippen molar-refractivity contribution in [1.29, 1.82) is 0 Å². The van der Waals surface area contributed by atoms with Gasteiger partial charge in [0.2, 0.25) is 10.0 Å². The van der Waals surface area contributed by atoms with Crippen molar-refractivity contribution in [1.82, 2.24) is 14.7 Å². The van der Waals surface area contributed by atoms with Gasteiger partial charge >= 0.3 is 0 Å². The molecule has 0 saturated heterocycles. The number of nitrogens with zero attached hydrogens (tertiary/aromatic N) is 3. The molecule has 10 heteroatoms. The maximum Gasteiger partial charge on any atom is 0.255 e. The maximum absolute atomic E-state index is 12.5. The first-order chi connectivity index (χ1) is 12.3. The molecule has 0 spiro atoms. The third kappa shape index (κ3) is 5.01. The molecule has 138 valence electrons. The third-order valence-corrected chi connectivity index (χ3v) is 5.38. The lowest BCUT2D eigenvalue weighted by molar-refractivity contribution is -0.121. The number of hydrazone groups is 1. The quantitative estimate of drug-likeness (QED) is 0.564. The number of aromatic nitrogens is 1. The predicted octanol–water partition coefficient (Wildman–Crippen LogP) is 1.51. The lowest BCUT2D eigenvalue weighted by Gasteiger charge is -2.16. The number of amides is 1. The molecule has 0 aliphatic carbocycles. The monoisotopic (exact) mass is 396 g/mol. The van der Waals surface area contributed by atoms with E-state index in [9.17, 15) is 13.2 Å². The van der Waals surface area contributed by atoms with Crippen molar-refractivity contribution in [2.45, 2.75) is 4.90 Å². The van der Waals surface area contributed by atoms with Crippen molar-refractivity contribution >= 4 is 33.7 Å². The summed E-state index contributed by atoms with van der Waals surface area (Å²) in [4.78, 5) is 15.8.